The first-order chi connectivity index (χ1) is 15.1. The van der Waals surface area contributed by atoms with Crippen LogP contribution in [0.1, 0.15) is 13.8 Å². The normalized spacial score (nSPS) is 16.9. The minimum absolute atomic E-state index is 0.0609. The van der Waals surface area contributed by atoms with Crippen molar-refractivity contribution in [3.8, 4) is 0 Å². The molecule has 4 aromatic rings. The van der Waals surface area contributed by atoms with Gasteiger partial charge in [0, 0.05) is 37.4 Å². The first-order valence-electron chi connectivity index (χ1n) is 10.6. The highest BCUT2D eigenvalue weighted by Gasteiger charge is 2.33. The lowest BCUT2D eigenvalue weighted by molar-refractivity contribution is 0.156. The molecule has 1 aliphatic heterocycles. The molecule has 1 aromatic carbocycles. The Hall–Kier alpha value is -3.68. The molecule has 31 heavy (non-hydrogen) atoms. The number of amides is 2. The van der Waals surface area contributed by atoms with Gasteiger partial charge in [-0.25, -0.2) is 14.8 Å². The van der Waals surface area contributed by atoms with Gasteiger partial charge in [-0.3, -0.25) is 4.98 Å². The molecule has 8 nitrogen and oxygen atoms in total. The number of carbonyl (C=O) groups is 1. The molecule has 1 fully saturated rings. The molecule has 8 heteroatoms. The molecule has 4 heterocycles. The predicted octanol–water partition coefficient (Wildman–Crippen LogP) is 3.88. The van der Waals surface area contributed by atoms with Crippen LogP contribution in [-0.4, -0.2) is 56.5 Å². The summed E-state index contributed by atoms with van der Waals surface area (Å²) in [5, 5.41) is 5.06. The van der Waals surface area contributed by atoms with E-state index in [-0.39, 0.29) is 12.1 Å². The third-order valence-corrected chi connectivity index (χ3v) is 5.97. The Morgan fingerprint density at radius 2 is 2.00 bits per heavy atom. The van der Waals surface area contributed by atoms with E-state index in [1.54, 1.807) is 12.5 Å². The summed E-state index contributed by atoms with van der Waals surface area (Å²) in [5.74, 6) is 1.21. The zero-order valence-corrected chi connectivity index (χ0v) is 17.6. The fourth-order valence-corrected chi connectivity index (χ4v) is 4.34. The molecule has 5 rings (SSSR count). The Balaban J connectivity index is 1.38. The Kier molecular flexibility index (Phi) is 4.89. The minimum Gasteiger partial charge on any atom is -0.352 e. The lowest BCUT2D eigenvalue weighted by Crippen LogP contribution is -2.58. The maximum absolute atomic E-state index is 13.3. The molecule has 1 saturated heterocycles. The summed E-state index contributed by atoms with van der Waals surface area (Å²) in [4.78, 5) is 33.9. The third kappa shape index (κ3) is 3.54. The van der Waals surface area contributed by atoms with Crippen molar-refractivity contribution in [1.29, 1.82) is 0 Å². The van der Waals surface area contributed by atoms with E-state index in [0.717, 1.165) is 40.0 Å². The van der Waals surface area contributed by atoms with Gasteiger partial charge in [-0.15, -0.1) is 0 Å². The van der Waals surface area contributed by atoms with Crippen LogP contribution in [0.25, 0.3) is 21.9 Å². The summed E-state index contributed by atoms with van der Waals surface area (Å²) in [6.45, 7) is 6.36. The zero-order chi connectivity index (χ0) is 21.4. The predicted molar refractivity (Wildman–Crippen MR) is 122 cm³/mol. The van der Waals surface area contributed by atoms with Crippen molar-refractivity contribution < 1.29 is 4.79 Å². The minimum atomic E-state index is -0.0795. The van der Waals surface area contributed by atoms with Gasteiger partial charge in [0.2, 0.25) is 0 Å². The summed E-state index contributed by atoms with van der Waals surface area (Å²) >= 11 is 0. The maximum Gasteiger partial charge on any atom is 0.322 e. The number of aromatic nitrogens is 4. The van der Waals surface area contributed by atoms with Gasteiger partial charge in [0.05, 0.1) is 22.6 Å². The van der Waals surface area contributed by atoms with Crippen molar-refractivity contribution in [3.05, 3.63) is 55.1 Å². The molecular weight excluding hydrogens is 390 g/mol. The van der Waals surface area contributed by atoms with Crippen LogP contribution in [0.5, 0.6) is 0 Å². The fraction of sp³-hybridized carbons (Fsp3) is 0.304. The number of rotatable bonds is 3. The molecule has 158 valence electrons. The lowest BCUT2D eigenvalue weighted by atomic mass is 9.99. The highest BCUT2D eigenvalue weighted by Crippen LogP contribution is 2.28. The maximum atomic E-state index is 13.3. The molecule has 1 unspecified atom stereocenters. The highest BCUT2D eigenvalue weighted by molar-refractivity contribution is 6.00. The number of H-pyrrole nitrogens is 1. The highest BCUT2D eigenvalue weighted by atomic mass is 16.2. The van der Waals surface area contributed by atoms with Crippen molar-refractivity contribution in [2.45, 2.75) is 19.9 Å². The first-order valence-corrected chi connectivity index (χ1v) is 10.6. The van der Waals surface area contributed by atoms with E-state index in [4.69, 9.17) is 0 Å². The molecule has 0 saturated carbocycles. The van der Waals surface area contributed by atoms with Crippen molar-refractivity contribution in [3.63, 3.8) is 0 Å². The van der Waals surface area contributed by atoms with Crippen LogP contribution in [0.2, 0.25) is 0 Å². The van der Waals surface area contributed by atoms with E-state index in [9.17, 15) is 4.79 Å². The van der Waals surface area contributed by atoms with Crippen LogP contribution < -0.4 is 10.2 Å². The Morgan fingerprint density at radius 1 is 1.10 bits per heavy atom. The number of anilines is 2. The van der Waals surface area contributed by atoms with Crippen LogP contribution >= 0.6 is 0 Å². The number of nitrogens with one attached hydrogen (secondary N) is 2. The van der Waals surface area contributed by atoms with Gasteiger partial charge >= 0.3 is 6.03 Å². The van der Waals surface area contributed by atoms with Gasteiger partial charge in [0.1, 0.15) is 17.8 Å². The number of benzene rings is 1. The second kappa shape index (κ2) is 7.86. The van der Waals surface area contributed by atoms with Crippen LogP contribution in [0.4, 0.5) is 16.3 Å². The molecule has 2 amide bonds. The van der Waals surface area contributed by atoms with Crippen molar-refractivity contribution >= 4 is 39.5 Å². The second-order valence-corrected chi connectivity index (χ2v) is 8.19. The van der Waals surface area contributed by atoms with Crippen LogP contribution in [0, 0.1) is 5.92 Å². The van der Waals surface area contributed by atoms with Gasteiger partial charge in [-0.05, 0) is 36.2 Å². The van der Waals surface area contributed by atoms with Crippen LogP contribution in [0.15, 0.2) is 55.1 Å². The average Bonchev–Trinajstić information content (AvgIpc) is 3.28. The number of carbonyl (C=O) groups excluding carboxylic acids is 1. The monoisotopic (exact) mass is 415 g/mol. The third-order valence-electron chi connectivity index (χ3n) is 5.97. The van der Waals surface area contributed by atoms with Gasteiger partial charge in [-0.2, -0.15) is 0 Å². The van der Waals surface area contributed by atoms with Gasteiger partial charge in [0.15, 0.2) is 0 Å². The standard InChI is InChI=1S/C23H25N7O/c1-15(2)20-13-29(22-17-8-10-25-21(17)26-14-27-22)11-12-30(20)23(31)28-19-7-3-6-18-16(19)5-4-9-24-18/h3-10,14-15,20H,11-13H2,1-2H3,(H,28,31)(H,25,26,27). The Bertz CT molecular complexity index is 1230. The van der Waals surface area contributed by atoms with E-state index in [1.165, 1.54) is 0 Å². The number of urea groups is 1. The molecular formula is C23H25N7O. The largest absolute Gasteiger partial charge is 0.352 e. The fourth-order valence-electron chi connectivity index (χ4n) is 4.34. The lowest BCUT2D eigenvalue weighted by Gasteiger charge is -2.43. The topological polar surface area (TPSA) is 90.0 Å². The van der Waals surface area contributed by atoms with E-state index in [2.05, 4.69) is 44.0 Å². The van der Waals surface area contributed by atoms with Crippen molar-refractivity contribution in [2.75, 3.05) is 29.9 Å². The Morgan fingerprint density at radius 3 is 2.87 bits per heavy atom. The van der Waals surface area contributed by atoms with E-state index in [0.29, 0.717) is 19.0 Å². The molecule has 0 aliphatic carbocycles. The number of pyridine rings is 1. The quantitative estimate of drug-likeness (QED) is 0.530. The first kappa shape index (κ1) is 19.3. The van der Waals surface area contributed by atoms with Gasteiger partial charge in [0.25, 0.3) is 0 Å². The second-order valence-electron chi connectivity index (χ2n) is 8.19. The van der Waals surface area contributed by atoms with E-state index >= 15 is 0 Å². The summed E-state index contributed by atoms with van der Waals surface area (Å²) in [7, 11) is 0. The number of hydrogen-bond acceptors (Lipinski definition) is 5. The molecule has 2 N–H and O–H groups in total. The van der Waals surface area contributed by atoms with E-state index in [1.807, 2.05) is 47.5 Å². The number of nitrogens with zero attached hydrogens (tertiary/aromatic N) is 5. The number of fused-ring (bicyclic) bond motifs is 2. The molecule has 0 spiro atoms. The Labute approximate surface area is 180 Å². The van der Waals surface area contributed by atoms with Gasteiger partial charge < -0.3 is 20.1 Å². The molecule has 0 bridgehead atoms. The molecule has 3 aromatic heterocycles. The van der Waals surface area contributed by atoms with Crippen molar-refractivity contribution in [1.82, 2.24) is 24.8 Å². The average molecular weight is 416 g/mol. The molecule has 1 aliphatic rings. The van der Waals surface area contributed by atoms with Crippen LogP contribution in [0.3, 0.4) is 0 Å². The SMILES string of the molecule is CC(C)C1CN(c2ncnc3[nH]ccc23)CCN1C(=O)Nc1cccc2ncccc12. The number of piperazine rings is 1. The van der Waals surface area contributed by atoms with Gasteiger partial charge in [-0.1, -0.05) is 19.9 Å². The molecule has 0 radical (unpaired) electrons. The summed E-state index contributed by atoms with van der Waals surface area (Å²) in [6, 6.07) is 11.6. The zero-order valence-electron chi connectivity index (χ0n) is 17.6. The number of aromatic amines is 1. The number of hydrogen-bond donors (Lipinski definition) is 2. The smallest absolute Gasteiger partial charge is 0.322 e. The summed E-state index contributed by atoms with van der Waals surface area (Å²) < 4.78 is 0. The van der Waals surface area contributed by atoms with Crippen LogP contribution in [-0.2, 0) is 0 Å². The summed E-state index contributed by atoms with van der Waals surface area (Å²) in [5.41, 5.74) is 2.48. The van der Waals surface area contributed by atoms with E-state index < -0.39 is 0 Å². The molecule has 1 atom stereocenters. The summed E-state index contributed by atoms with van der Waals surface area (Å²) in [6.07, 6.45) is 5.23. The van der Waals surface area contributed by atoms with Crippen molar-refractivity contribution in [2.24, 2.45) is 5.92 Å².